The maximum absolute atomic E-state index is 3.99. The van der Waals surface area contributed by atoms with Crippen molar-refractivity contribution in [1.82, 2.24) is 0 Å². The molecule has 0 saturated carbocycles. The lowest BCUT2D eigenvalue weighted by molar-refractivity contribution is 0.588. The fraction of sp³-hybridized carbons (Fsp3) is 0.364. The van der Waals surface area contributed by atoms with Gasteiger partial charge in [-0.25, -0.2) is 0 Å². The maximum Gasteiger partial charge on any atom is -0.0579 e. The molecule has 0 amide bonds. The van der Waals surface area contributed by atoms with Gasteiger partial charge >= 0.3 is 0 Å². The van der Waals surface area contributed by atoms with Crippen LogP contribution in [0, 0.1) is 6.92 Å². The van der Waals surface area contributed by atoms with Crippen LogP contribution in [0.4, 0.5) is 0 Å². The molecule has 0 heteroatoms. The Morgan fingerprint density at radius 3 is 2.00 bits per heavy atom. The Kier molecular flexibility index (Phi) is 1.95. The van der Waals surface area contributed by atoms with E-state index in [-0.39, 0.29) is 5.41 Å². The second kappa shape index (κ2) is 2.61. The van der Waals surface area contributed by atoms with E-state index in [1.165, 1.54) is 5.56 Å². The third-order valence-corrected chi connectivity index (χ3v) is 1.83. The first-order valence-electron chi connectivity index (χ1n) is 3.93. The van der Waals surface area contributed by atoms with Crippen molar-refractivity contribution in [2.75, 3.05) is 0 Å². The molecule has 0 atom stereocenters. The molecule has 0 saturated heterocycles. The summed E-state index contributed by atoms with van der Waals surface area (Å²) in [5.74, 6) is 0. The highest BCUT2D eigenvalue weighted by atomic mass is 14.2. The lowest BCUT2D eigenvalue weighted by atomic mass is 9.84. The van der Waals surface area contributed by atoms with Crippen LogP contribution in [0.1, 0.15) is 31.9 Å². The van der Waals surface area contributed by atoms with Gasteiger partial charge in [-0.15, -0.1) is 17.7 Å². The van der Waals surface area contributed by atoms with E-state index in [9.17, 15) is 0 Å². The number of hydrogen-bond acceptors (Lipinski definition) is 0. The summed E-state index contributed by atoms with van der Waals surface area (Å²) in [6.45, 7) is 10.6. The van der Waals surface area contributed by atoms with Crippen LogP contribution < -0.4 is 0 Å². The van der Waals surface area contributed by atoms with Gasteiger partial charge in [0.2, 0.25) is 0 Å². The van der Waals surface area contributed by atoms with Crippen molar-refractivity contribution in [3.63, 3.8) is 0 Å². The molecule has 0 nitrogen and oxygen atoms in total. The summed E-state index contributed by atoms with van der Waals surface area (Å²) in [5, 5.41) is 0. The molecule has 1 rings (SSSR count). The van der Waals surface area contributed by atoms with Crippen LogP contribution in [-0.4, -0.2) is 0 Å². The summed E-state index contributed by atoms with van der Waals surface area (Å²) in [5.41, 5.74) is 2.69. The van der Waals surface area contributed by atoms with Gasteiger partial charge in [0.15, 0.2) is 0 Å². The molecule has 0 aromatic heterocycles. The molecule has 0 bridgehead atoms. The molecule has 0 N–H and O–H groups in total. The SMILES string of the molecule is [CH2-]c1ccccc1C(C)(C)C. The van der Waals surface area contributed by atoms with Crippen molar-refractivity contribution >= 4 is 0 Å². The van der Waals surface area contributed by atoms with Gasteiger partial charge in [-0.1, -0.05) is 32.3 Å². The van der Waals surface area contributed by atoms with Gasteiger partial charge in [0.05, 0.1) is 0 Å². The third kappa shape index (κ3) is 1.76. The smallest absolute Gasteiger partial charge is 0.0579 e. The molecule has 0 aliphatic rings. The Morgan fingerprint density at radius 1 is 1.09 bits per heavy atom. The Morgan fingerprint density at radius 2 is 1.64 bits per heavy atom. The fourth-order valence-corrected chi connectivity index (χ4v) is 1.25. The summed E-state index contributed by atoms with van der Waals surface area (Å²) in [7, 11) is 0. The summed E-state index contributed by atoms with van der Waals surface area (Å²) < 4.78 is 0. The first-order valence-corrected chi connectivity index (χ1v) is 3.93. The number of hydrogen-bond donors (Lipinski definition) is 0. The Bertz CT molecular complexity index is 240. The van der Waals surface area contributed by atoms with Crippen LogP contribution in [0.3, 0.4) is 0 Å². The Labute approximate surface area is 69.3 Å². The average molecular weight is 147 g/mol. The van der Waals surface area contributed by atoms with Gasteiger partial charge in [-0.2, -0.15) is 18.6 Å². The van der Waals surface area contributed by atoms with E-state index >= 15 is 0 Å². The number of rotatable bonds is 0. The summed E-state index contributed by atoms with van der Waals surface area (Å²) in [6.07, 6.45) is 0. The van der Waals surface area contributed by atoms with Crippen LogP contribution in [0.5, 0.6) is 0 Å². The molecule has 0 fully saturated rings. The van der Waals surface area contributed by atoms with Gasteiger partial charge < -0.3 is 0 Å². The van der Waals surface area contributed by atoms with E-state index in [1.54, 1.807) is 0 Å². The van der Waals surface area contributed by atoms with Gasteiger partial charge in [0.1, 0.15) is 0 Å². The standard InChI is InChI=1S/C11H15/c1-9-7-5-6-8-10(9)11(2,3)4/h5-8H,1H2,2-4H3/q-1. The third-order valence-electron chi connectivity index (χ3n) is 1.83. The lowest BCUT2D eigenvalue weighted by Crippen LogP contribution is -2.12. The molecule has 11 heavy (non-hydrogen) atoms. The average Bonchev–Trinajstić information content (AvgIpc) is 1.86. The van der Waals surface area contributed by atoms with Gasteiger partial charge in [-0.3, -0.25) is 0 Å². The molecule has 1 aromatic carbocycles. The van der Waals surface area contributed by atoms with Crippen LogP contribution >= 0.6 is 0 Å². The van der Waals surface area contributed by atoms with Crippen molar-refractivity contribution in [2.24, 2.45) is 0 Å². The minimum atomic E-state index is 0.221. The summed E-state index contributed by atoms with van der Waals surface area (Å²) in [6, 6.07) is 8.29. The van der Waals surface area contributed by atoms with E-state index in [0.29, 0.717) is 0 Å². The van der Waals surface area contributed by atoms with Crippen molar-refractivity contribution in [3.8, 4) is 0 Å². The number of benzene rings is 1. The van der Waals surface area contributed by atoms with E-state index in [2.05, 4.69) is 45.9 Å². The molecule has 1 aromatic rings. The van der Waals surface area contributed by atoms with Crippen molar-refractivity contribution < 1.29 is 0 Å². The monoisotopic (exact) mass is 147 g/mol. The highest BCUT2D eigenvalue weighted by Gasteiger charge is 2.08. The van der Waals surface area contributed by atoms with E-state index in [0.717, 1.165) is 5.56 Å². The molecular weight excluding hydrogens is 132 g/mol. The normalized spacial score (nSPS) is 11.5. The Hall–Kier alpha value is -0.910. The molecule has 0 aliphatic heterocycles. The Balaban J connectivity index is 3.14. The van der Waals surface area contributed by atoms with Crippen molar-refractivity contribution in [2.45, 2.75) is 26.2 Å². The highest BCUT2D eigenvalue weighted by Crippen LogP contribution is 2.24. The zero-order chi connectivity index (χ0) is 8.48. The van der Waals surface area contributed by atoms with Gasteiger partial charge in [0, 0.05) is 0 Å². The molecule has 0 heterocycles. The quantitative estimate of drug-likeness (QED) is 0.494. The topological polar surface area (TPSA) is 0 Å². The van der Waals surface area contributed by atoms with Crippen molar-refractivity contribution in [3.05, 3.63) is 42.3 Å². The molecule has 60 valence electrons. The zero-order valence-electron chi connectivity index (χ0n) is 7.52. The predicted molar refractivity (Wildman–Crippen MR) is 49.6 cm³/mol. The van der Waals surface area contributed by atoms with Crippen LogP contribution in [0.15, 0.2) is 24.3 Å². The van der Waals surface area contributed by atoms with Crippen LogP contribution in [0.25, 0.3) is 0 Å². The van der Waals surface area contributed by atoms with Gasteiger partial charge in [0.25, 0.3) is 0 Å². The minimum absolute atomic E-state index is 0.221. The zero-order valence-corrected chi connectivity index (χ0v) is 7.52. The molecule has 0 radical (unpaired) electrons. The van der Waals surface area contributed by atoms with E-state index in [4.69, 9.17) is 0 Å². The van der Waals surface area contributed by atoms with E-state index < -0.39 is 0 Å². The maximum atomic E-state index is 3.99. The largest absolute Gasteiger partial charge is 0.198 e. The fourth-order valence-electron chi connectivity index (χ4n) is 1.25. The summed E-state index contributed by atoms with van der Waals surface area (Å²) in [4.78, 5) is 0. The van der Waals surface area contributed by atoms with Gasteiger partial charge in [-0.05, 0) is 0 Å². The minimum Gasteiger partial charge on any atom is -0.198 e. The molecular formula is C11H15-. The first-order chi connectivity index (χ1) is 5.02. The predicted octanol–water partition coefficient (Wildman–Crippen LogP) is 3.17. The second-order valence-electron chi connectivity index (χ2n) is 3.91. The molecule has 0 unspecified atom stereocenters. The van der Waals surface area contributed by atoms with Crippen LogP contribution in [0.2, 0.25) is 0 Å². The molecule has 0 aliphatic carbocycles. The first kappa shape index (κ1) is 8.19. The van der Waals surface area contributed by atoms with Crippen molar-refractivity contribution in [1.29, 1.82) is 0 Å². The highest BCUT2D eigenvalue weighted by molar-refractivity contribution is 5.34. The molecule has 0 spiro atoms. The second-order valence-corrected chi connectivity index (χ2v) is 3.91. The summed E-state index contributed by atoms with van der Waals surface area (Å²) >= 11 is 0. The lowest BCUT2D eigenvalue weighted by Gasteiger charge is -2.27. The van der Waals surface area contributed by atoms with E-state index in [1.807, 2.05) is 6.07 Å². The van der Waals surface area contributed by atoms with Crippen LogP contribution in [-0.2, 0) is 5.41 Å².